The first-order valence-corrected chi connectivity index (χ1v) is 12.6. The maximum Gasteiger partial charge on any atom is 0.326 e. The lowest BCUT2D eigenvalue weighted by Crippen LogP contribution is -2.51. The van der Waals surface area contributed by atoms with Gasteiger partial charge in [-0.2, -0.15) is 10.2 Å². The first kappa shape index (κ1) is 31.4. The number of azo groups is 1. The number of amides is 3. The second kappa shape index (κ2) is 16.2. The van der Waals surface area contributed by atoms with Gasteiger partial charge >= 0.3 is 23.9 Å². The second-order valence-corrected chi connectivity index (χ2v) is 9.02. The van der Waals surface area contributed by atoms with E-state index in [4.69, 9.17) is 10.2 Å². The molecule has 0 aliphatic rings. The Morgan fingerprint density at radius 3 is 1.98 bits per heavy atom. The SMILES string of the molecule is Cc1ccc(CN=Nc2ccc(C(=O)NCCCCC(NC(=O)NC(CCC(=O)O)C(=O)O)C(=O)O)cc2)cc1. The van der Waals surface area contributed by atoms with Crippen LogP contribution in [0.2, 0.25) is 0 Å². The van der Waals surface area contributed by atoms with E-state index in [-0.39, 0.29) is 25.3 Å². The number of carbonyl (C=O) groups excluding carboxylic acids is 2. The number of hydrogen-bond acceptors (Lipinski definition) is 7. The molecule has 2 aromatic rings. The summed E-state index contributed by atoms with van der Waals surface area (Å²) in [4.78, 5) is 57.7. The van der Waals surface area contributed by atoms with Gasteiger partial charge < -0.3 is 31.3 Å². The normalized spacial score (nSPS) is 12.3. The Bertz CT molecular complexity index is 1200. The zero-order valence-electron chi connectivity index (χ0n) is 22.0. The van der Waals surface area contributed by atoms with Crippen molar-refractivity contribution in [3.63, 3.8) is 0 Å². The molecule has 0 spiro atoms. The molecule has 0 radical (unpaired) electrons. The molecular formula is C27H33N5O8. The maximum absolute atomic E-state index is 12.4. The van der Waals surface area contributed by atoms with Crippen LogP contribution in [0.3, 0.4) is 0 Å². The van der Waals surface area contributed by atoms with Crippen LogP contribution >= 0.6 is 0 Å². The zero-order chi connectivity index (χ0) is 29.5. The molecule has 214 valence electrons. The highest BCUT2D eigenvalue weighted by molar-refractivity contribution is 5.94. The van der Waals surface area contributed by atoms with E-state index in [0.717, 1.165) is 5.56 Å². The molecule has 40 heavy (non-hydrogen) atoms. The summed E-state index contributed by atoms with van der Waals surface area (Å²) in [6.07, 6.45) is -0.0149. The fourth-order valence-electron chi connectivity index (χ4n) is 3.49. The van der Waals surface area contributed by atoms with E-state index < -0.39 is 42.4 Å². The number of urea groups is 1. The van der Waals surface area contributed by atoms with Gasteiger partial charge in [-0.3, -0.25) is 9.59 Å². The predicted octanol–water partition coefficient (Wildman–Crippen LogP) is 3.25. The number of nitrogens with zero attached hydrogens (tertiary/aromatic N) is 2. The quantitative estimate of drug-likeness (QED) is 0.133. The van der Waals surface area contributed by atoms with Crippen LogP contribution in [0.4, 0.5) is 10.5 Å². The average molecular weight is 556 g/mol. The molecule has 0 saturated heterocycles. The smallest absolute Gasteiger partial charge is 0.326 e. The van der Waals surface area contributed by atoms with E-state index in [1.165, 1.54) is 5.56 Å². The molecule has 0 saturated carbocycles. The van der Waals surface area contributed by atoms with Crippen LogP contribution < -0.4 is 16.0 Å². The fourth-order valence-corrected chi connectivity index (χ4v) is 3.49. The van der Waals surface area contributed by atoms with E-state index in [9.17, 15) is 29.1 Å². The first-order valence-electron chi connectivity index (χ1n) is 12.6. The van der Waals surface area contributed by atoms with Crippen LogP contribution in [0.15, 0.2) is 58.8 Å². The number of carboxylic acid groups (broad SMARTS) is 3. The minimum absolute atomic E-state index is 0.0355. The average Bonchev–Trinajstić information content (AvgIpc) is 2.91. The highest BCUT2D eigenvalue weighted by Crippen LogP contribution is 2.15. The highest BCUT2D eigenvalue weighted by atomic mass is 16.4. The van der Waals surface area contributed by atoms with E-state index in [1.54, 1.807) is 24.3 Å². The Balaban J connectivity index is 1.72. The third-order valence-corrected chi connectivity index (χ3v) is 5.75. The standard InChI is InChI=1S/C27H33N5O8/c1-17-5-7-18(8-6-17)16-29-32-20-11-9-19(10-12-20)24(35)28-15-3-2-4-21(25(36)37)30-27(40)31-22(26(38)39)13-14-23(33)34/h5-12,21-22H,2-4,13-16H2,1H3,(H,28,35)(H,33,34)(H,36,37)(H,38,39)(H2,30,31,40). The number of hydrogen-bond donors (Lipinski definition) is 6. The second-order valence-electron chi connectivity index (χ2n) is 9.02. The topological polar surface area (TPSA) is 207 Å². The van der Waals surface area contributed by atoms with Crippen molar-refractivity contribution in [3.8, 4) is 0 Å². The third kappa shape index (κ3) is 11.7. The van der Waals surface area contributed by atoms with Gasteiger partial charge in [-0.25, -0.2) is 14.4 Å². The molecule has 0 aliphatic heterocycles. The van der Waals surface area contributed by atoms with Gasteiger partial charge in [0.1, 0.15) is 12.1 Å². The van der Waals surface area contributed by atoms with Gasteiger partial charge in [0, 0.05) is 18.5 Å². The summed E-state index contributed by atoms with van der Waals surface area (Å²) in [6.45, 7) is 2.73. The van der Waals surface area contributed by atoms with Crippen LogP contribution in [0.1, 0.15) is 53.6 Å². The van der Waals surface area contributed by atoms with Gasteiger partial charge in [-0.15, -0.1) is 0 Å². The largest absolute Gasteiger partial charge is 0.481 e. The summed E-state index contributed by atoms with van der Waals surface area (Å²) in [5.74, 6) is -4.28. The zero-order valence-corrected chi connectivity index (χ0v) is 22.0. The summed E-state index contributed by atoms with van der Waals surface area (Å²) in [5.41, 5.74) is 3.24. The maximum atomic E-state index is 12.4. The minimum Gasteiger partial charge on any atom is -0.481 e. The molecule has 0 aromatic heterocycles. The van der Waals surface area contributed by atoms with E-state index in [2.05, 4.69) is 26.2 Å². The van der Waals surface area contributed by atoms with Gasteiger partial charge in [-0.05, 0) is 62.4 Å². The summed E-state index contributed by atoms with van der Waals surface area (Å²) in [5, 5.41) is 42.5. The number of unbranched alkanes of at least 4 members (excludes halogenated alkanes) is 1. The summed E-state index contributed by atoms with van der Waals surface area (Å²) >= 11 is 0. The molecule has 2 aromatic carbocycles. The van der Waals surface area contributed by atoms with Crippen molar-refractivity contribution >= 4 is 35.5 Å². The molecule has 0 fully saturated rings. The van der Waals surface area contributed by atoms with Crippen LogP contribution in [0.25, 0.3) is 0 Å². The van der Waals surface area contributed by atoms with E-state index in [1.807, 2.05) is 31.2 Å². The lowest BCUT2D eigenvalue weighted by molar-refractivity contribution is -0.140. The van der Waals surface area contributed by atoms with Gasteiger partial charge in [-0.1, -0.05) is 29.8 Å². The molecule has 6 N–H and O–H groups in total. The number of rotatable bonds is 16. The van der Waals surface area contributed by atoms with Crippen molar-refractivity contribution in [2.75, 3.05) is 6.54 Å². The van der Waals surface area contributed by atoms with Crippen molar-refractivity contribution in [1.82, 2.24) is 16.0 Å². The summed E-state index contributed by atoms with van der Waals surface area (Å²) in [6, 6.07) is 10.8. The van der Waals surface area contributed by atoms with Gasteiger partial charge in [0.05, 0.1) is 12.2 Å². The Kier molecular flexibility index (Phi) is 12.7. The van der Waals surface area contributed by atoms with Crippen LogP contribution in [-0.4, -0.2) is 63.8 Å². The monoisotopic (exact) mass is 555 g/mol. The first-order chi connectivity index (χ1) is 19.0. The molecule has 3 amide bonds. The number of aryl methyl sites for hydroxylation is 1. The molecule has 2 atom stereocenters. The van der Waals surface area contributed by atoms with Crippen LogP contribution in [-0.2, 0) is 20.9 Å². The molecule has 13 nitrogen and oxygen atoms in total. The number of benzene rings is 2. The van der Waals surface area contributed by atoms with Crippen molar-refractivity contribution in [3.05, 3.63) is 65.2 Å². The molecule has 0 bridgehead atoms. The lowest BCUT2D eigenvalue weighted by atomic mass is 10.1. The lowest BCUT2D eigenvalue weighted by Gasteiger charge is -2.18. The Labute approximate surface area is 230 Å². The molecule has 0 aliphatic carbocycles. The van der Waals surface area contributed by atoms with Crippen molar-refractivity contribution in [2.24, 2.45) is 10.2 Å². The molecular weight excluding hydrogens is 522 g/mol. The predicted molar refractivity (Wildman–Crippen MR) is 143 cm³/mol. The molecule has 2 rings (SSSR count). The van der Waals surface area contributed by atoms with Crippen molar-refractivity contribution < 1.29 is 39.3 Å². The molecule has 2 unspecified atom stereocenters. The minimum atomic E-state index is -1.48. The van der Waals surface area contributed by atoms with Gasteiger partial charge in [0.2, 0.25) is 0 Å². The Hall–Kier alpha value is -4.81. The van der Waals surface area contributed by atoms with Gasteiger partial charge in [0.25, 0.3) is 5.91 Å². The van der Waals surface area contributed by atoms with E-state index in [0.29, 0.717) is 30.6 Å². The number of carboxylic acids is 3. The van der Waals surface area contributed by atoms with E-state index >= 15 is 0 Å². The number of aliphatic carboxylic acids is 3. The molecule has 13 heteroatoms. The van der Waals surface area contributed by atoms with Crippen molar-refractivity contribution in [1.29, 1.82) is 0 Å². The summed E-state index contributed by atoms with van der Waals surface area (Å²) in [7, 11) is 0. The van der Waals surface area contributed by atoms with Crippen molar-refractivity contribution in [2.45, 2.75) is 57.7 Å². The van der Waals surface area contributed by atoms with Crippen LogP contribution in [0, 0.1) is 6.92 Å². The number of nitrogens with one attached hydrogen (secondary N) is 3. The fraction of sp³-hybridized carbons (Fsp3) is 0.370. The third-order valence-electron chi connectivity index (χ3n) is 5.75. The van der Waals surface area contributed by atoms with Gasteiger partial charge in [0.15, 0.2) is 0 Å². The highest BCUT2D eigenvalue weighted by Gasteiger charge is 2.24. The molecule has 0 heterocycles. The number of carbonyl (C=O) groups is 5. The Morgan fingerprint density at radius 1 is 0.800 bits per heavy atom. The Morgan fingerprint density at radius 2 is 1.40 bits per heavy atom. The summed E-state index contributed by atoms with van der Waals surface area (Å²) < 4.78 is 0. The van der Waals surface area contributed by atoms with Crippen LogP contribution in [0.5, 0.6) is 0 Å².